The van der Waals surface area contributed by atoms with Crippen molar-refractivity contribution in [2.45, 2.75) is 19.4 Å². The van der Waals surface area contributed by atoms with Gasteiger partial charge in [-0.15, -0.1) is 0 Å². The standard InChI is InChI=1S/C16H18N2O3/c1-2-12-3-5-13(6-4-12)15-11-18(8-10-20-15)16(19)14-7-9-21-17-14/h3-7,9,15H,2,8,10-11H2,1H3/t15-/m0/s1. The number of morpholine rings is 1. The van der Waals surface area contributed by atoms with Crippen LogP contribution in [-0.4, -0.2) is 35.7 Å². The van der Waals surface area contributed by atoms with E-state index in [9.17, 15) is 4.79 Å². The highest BCUT2D eigenvalue weighted by Crippen LogP contribution is 2.23. The number of rotatable bonds is 3. The van der Waals surface area contributed by atoms with Crippen molar-refractivity contribution in [2.24, 2.45) is 0 Å². The second-order valence-corrected chi connectivity index (χ2v) is 5.09. The fourth-order valence-electron chi connectivity index (χ4n) is 2.49. The Bertz CT molecular complexity index is 592. The number of amides is 1. The zero-order valence-electron chi connectivity index (χ0n) is 12.0. The minimum atomic E-state index is -0.109. The predicted octanol–water partition coefficient (Wildman–Crippen LogP) is 2.45. The zero-order valence-corrected chi connectivity index (χ0v) is 12.0. The number of hydrogen-bond acceptors (Lipinski definition) is 4. The molecule has 1 aromatic heterocycles. The highest BCUT2D eigenvalue weighted by atomic mass is 16.5. The second kappa shape index (κ2) is 6.10. The molecule has 1 aliphatic heterocycles. The summed E-state index contributed by atoms with van der Waals surface area (Å²) in [6, 6.07) is 9.96. The molecule has 1 atom stereocenters. The van der Waals surface area contributed by atoms with Crippen molar-refractivity contribution in [1.29, 1.82) is 0 Å². The van der Waals surface area contributed by atoms with Crippen LogP contribution in [0.5, 0.6) is 0 Å². The zero-order chi connectivity index (χ0) is 14.7. The molecule has 1 fully saturated rings. The molecule has 3 rings (SSSR count). The van der Waals surface area contributed by atoms with Crippen molar-refractivity contribution in [3.05, 3.63) is 53.4 Å². The molecule has 0 bridgehead atoms. The lowest BCUT2D eigenvalue weighted by molar-refractivity contribution is -0.0231. The predicted molar refractivity (Wildman–Crippen MR) is 76.9 cm³/mol. The third-order valence-electron chi connectivity index (χ3n) is 3.77. The van der Waals surface area contributed by atoms with E-state index in [4.69, 9.17) is 9.26 Å². The van der Waals surface area contributed by atoms with Gasteiger partial charge < -0.3 is 14.2 Å². The van der Waals surface area contributed by atoms with Crippen LogP contribution in [0.3, 0.4) is 0 Å². The van der Waals surface area contributed by atoms with Crippen LogP contribution in [0.1, 0.15) is 34.6 Å². The van der Waals surface area contributed by atoms with Crippen LogP contribution >= 0.6 is 0 Å². The van der Waals surface area contributed by atoms with Gasteiger partial charge in [0.05, 0.1) is 13.2 Å². The molecule has 110 valence electrons. The van der Waals surface area contributed by atoms with Gasteiger partial charge in [0, 0.05) is 12.6 Å². The summed E-state index contributed by atoms with van der Waals surface area (Å²) in [5.74, 6) is -0.109. The van der Waals surface area contributed by atoms with Crippen molar-refractivity contribution >= 4 is 5.91 Å². The molecule has 1 aromatic carbocycles. The highest BCUT2D eigenvalue weighted by molar-refractivity contribution is 5.92. The Hall–Kier alpha value is -2.14. The fraction of sp³-hybridized carbons (Fsp3) is 0.375. The highest BCUT2D eigenvalue weighted by Gasteiger charge is 2.27. The second-order valence-electron chi connectivity index (χ2n) is 5.09. The average molecular weight is 286 g/mol. The molecule has 0 aliphatic carbocycles. The van der Waals surface area contributed by atoms with Gasteiger partial charge >= 0.3 is 0 Å². The number of aromatic nitrogens is 1. The molecule has 2 aromatic rings. The lowest BCUT2D eigenvalue weighted by atomic mass is 10.0. The fourth-order valence-corrected chi connectivity index (χ4v) is 2.49. The number of carbonyl (C=O) groups excluding carboxylic acids is 1. The van der Waals surface area contributed by atoms with E-state index in [1.807, 2.05) is 0 Å². The summed E-state index contributed by atoms with van der Waals surface area (Å²) >= 11 is 0. The minimum Gasteiger partial charge on any atom is -0.370 e. The Morgan fingerprint density at radius 3 is 2.81 bits per heavy atom. The van der Waals surface area contributed by atoms with Crippen LogP contribution in [0.25, 0.3) is 0 Å². The molecule has 0 spiro atoms. The van der Waals surface area contributed by atoms with Gasteiger partial charge in [0.2, 0.25) is 0 Å². The van der Waals surface area contributed by atoms with Crippen LogP contribution < -0.4 is 0 Å². The number of ether oxygens (including phenoxy) is 1. The summed E-state index contributed by atoms with van der Waals surface area (Å²) in [5.41, 5.74) is 2.74. The maximum absolute atomic E-state index is 12.3. The van der Waals surface area contributed by atoms with E-state index >= 15 is 0 Å². The van der Waals surface area contributed by atoms with Crippen molar-refractivity contribution < 1.29 is 14.1 Å². The van der Waals surface area contributed by atoms with Gasteiger partial charge in [-0.1, -0.05) is 36.3 Å². The lowest BCUT2D eigenvalue weighted by Crippen LogP contribution is -2.42. The van der Waals surface area contributed by atoms with Crippen LogP contribution in [0.2, 0.25) is 0 Å². The first kappa shape index (κ1) is 13.8. The molecule has 0 N–H and O–H groups in total. The topological polar surface area (TPSA) is 55.6 Å². The first-order valence-electron chi connectivity index (χ1n) is 7.18. The van der Waals surface area contributed by atoms with Crippen LogP contribution in [0.15, 0.2) is 41.1 Å². The Morgan fingerprint density at radius 2 is 2.14 bits per heavy atom. The monoisotopic (exact) mass is 286 g/mol. The van der Waals surface area contributed by atoms with E-state index in [-0.39, 0.29) is 12.0 Å². The third kappa shape index (κ3) is 2.97. The minimum absolute atomic E-state index is 0.0829. The summed E-state index contributed by atoms with van der Waals surface area (Å²) in [7, 11) is 0. The lowest BCUT2D eigenvalue weighted by Gasteiger charge is -2.32. The summed E-state index contributed by atoms with van der Waals surface area (Å²) in [6.07, 6.45) is 2.34. The van der Waals surface area contributed by atoms with Gasteiger partial charge in [-0.05, 0) is 17.5 Å². The van der Waals surface area contributed by atoms with Crippen molar-refractivity contribution in [3.8, 4) is 0 Å². The molecule has 0 radical (unpaired) electrons. The number of aryl methyl sites for hydroxylation is 1. The summed E-state index contributed by atoms with van der Waals surface area (Å²) in [6.45, 7) is 3.78. The largest absolute Gasteiger partial charge is 0.370 e. The molecular formula is C16H18N2O3. The maximum Gasteiger partial charge on any atom is 0.276 e. The molecule has 0 saturated carbocycles. The molecule has 21 heavy (non-hydrogen) atoms. The van der Waals surface area contributed by atoms with E-state index in [0.29, 0.717) is 25.4 Å². The van der Waals surface area contributed by atoms with Crippen LogP contribution in [0, 0.1) is 0 Å². The molecule has 5 nitrogen and oxygen atoms in total. The molecular weight excluding hydrogens is 268 g/mol. The maximum atomic E-state index is 12.3. The molecule has 5 heteroatoms. The summed E-state index contributed by atoms with van der Waals surface area (Å²) in [5, 5.41) is 3.70. The van der Waals surface area contributed by atoms with Crippen LogP contribution in [-0.2, 0) is 11.2 Å². The van der Waals surface area contributed by atoms with Crippen LogP contribution in [0.4, 0.5) is 0 Å². The van der Waals surface area contributed by atoms with Crippen molar-refractivity contribution in [1.82, 2.24) is 10.1 Å². The van der Waals surface area contributed by atoms with Gasteiger partial charge in [0.15, 0.2) is 5.69 Å². The summed E-state index contributed by atoms with van der Waals surface area (Å²) < 4.78 is 10.5. The summed E-state index contributed by atoms with van der Waals surface area (Å²) in [4.78, 5) is 14.0. The normalized spacial score (nSPS) is 18.7. The molecule has 1 amide bonds. The van der Waals surface area contributed by atoms with Crippen molar-refractivity contribution in [2.75, 3.05) is 19.7 Å². The smallest absolute Gasteiger partial charge is 0.276 e. The van der Waals surface area contributed by atoms with Gasteiger partial charge in [-0.3, -0.25) is 4.79 Å². The quantitative estimate of drug-likeness (QED) is 0.869. The Balaban J connectivity index is 1.71. The van der Waals surface area contributed by atoms with Gasteiger partial charge in [0.1, 0.15) is 12.4 Å². The van der Waals surface area contributed by atoms with E-state index in [0.717, 1.165) is 12.0 Å². The molecule has 1 saturated heterocycles. The number of hydrogen-bond donors (Lipinski definition) is 0. The first-order chi connectivity index (χ1) is 10.3. The molecule has 0 unspecified atom stereocenters. The Labute approximate surface area is 123 Å². The molecule has 1 aliphatic rings. The first-order valence-corrected chi connectivity index (χ1v) is 7.18. The van der Waals surface area contributed by atoms with Gasteiger partial charge in [-0.25, -0.2) is 0 Å². The average Bonchev–Trinajstić information content (AvgIpc) is 3.09. The van der Waals surface area contributed by atoms with E-state index in [2.05, 4.69) is 36.3 Å². The van der Waals surface area contributed by atoms with E-state index < -0.39 is 0 Å². The van der Waals surface area contributed by atoms with Crippen molar-refractivity contribution in [3.63, 3.8) is 0 Å². The number of carbonyl (C=O) groups is 1. The van der Waals surface area contributed by atoms with E-state index in [1.165, 1.54) is 11.8 Å². The number of benzene rings is 1. The molecule has 2 heterocycles. The third-order valence-corrected chi connectivity index (χ3v) is 3.77. The Kier molecular flexibility index (Phi) is 4.01. The van der Waals surface area contributed by atoms with E-state index in [1.54, 1.807) is 11.0 Å². The number of nitrogens with zero attached hydrogens (tertiary/aromatic N) is 2. The SMILES string of the molecule is CCc1ccc([C@@H]2CN(C(=O)c3ccon3)CCO2)cc1. The Morgan fingerprint density at radius 1 is 1.33 bits per heavy atom. The van der Waals surface area contributed by atoms with Gasteiger partial charge in [0.25, 0.3) is 5.91 Å². The van der Waals surface area contributed by atoms with Gasteiger partial charge in [-0.2, -0.15) is 0 Å².